The molecule has 1 aromatic heterocycles. The Bertz CT molecular complexity index is 325. The van der Waals surface area contributed by atoms with Gasteiger partial charge >= 0.3 is 0 Å². The molecule has 0 aliphatic heterocycles. The molecule has 0 aromatic carbocycles. The van der Waals surface area contributed by atoms with Crippen LogP contribution in [0.4, 0.5) is 0 Å². The van der Waals surface area contributed by atoms with Crippen LogP contribution in [0.2, 0.25) is 0 Å². The summed E-state index contributed by atoms with van der Waals surface area (Å²) in [5.41, 5.74) is 6.36. The Labute approximate surface area is 75.4 Å². The quantitative estimate of drug-likeness (QED) is 0.706. The number of carbonyl (C=O) groups is 1. The third-order valence-corrected chi connectivity index (χ3v) is 3.32. The van der Waals surface area contributed by atoms with Crippen molar-refractivity contribution in [3.8, 4) is 0 Å². The zero-order chi connectivity index (χ0) is 8.77. The topological polar surface area (TPSA) is 43.1 Å². The van der Waals surface area contributed by atoms with Crippen molar-refractivity contribution in [3.63, 3.8) is 0 Å². The van der Waals surface area contributed by atoms with E-state index in [4.69, 9.17) is 5.73 Å². The van der Waals surface area contributed by atoms with Crippen molar-refractivity contribution in [2.24, 2.45) is 5.73 Å². The van der Waals surface area contributed by atoms with Gasteiger partial charge in [-0.3, -0.25) is 4.79 Å². The van der Waals surface area contributed by atoms with E-state index in [-0.39, 0.29) is 5.78 Å². The predicted molar refractivity (Wildman–Crippen MR) is 49.5 cm³/mol. The number of hydrogen-bond donors (Lipinski definition) is 1. The summed E-state index contributed by atoms with van der Waals surface area (Å²) in [6, 6.07) is 1.96. The van der Waals surface area contributed by atoms with E-state index in [0.29, 0.717) is 0 Å². The zero-order valence-electron chi connectivity index (χ0n) is 6.96. The molecule has 0 unspecified atom stereocenters. The van der Waals surface area contributed by atoms with Crippen LogP contribution < -0.4 is 5.73 Å². The Morgan fingerprint density at radius 2 is 2.33 bits per heavy atom. The molecule has 0 radical (unpaired) electrons. The molecule has 2 rings (SSSR count). The highest BCUT2D eigenvalue weighted by Crippen LogP contribution is 2.37. The molecule has 64 valence electrons. The van der Waals surface area contributed by atoms with E-state index in [9.17, 15) is 4.79 Å². The van der Waals surface area contributed by atoms with Gasteiger partial charge < -0.3 is 5.73 Å². The van der Waals surface area contributed by atoms with Crippen LogP contribution in [0.15, 0.2) is 11.4 Å². The number of nitrogens with two attached hydrogens (primary N) is 1. The standard InChI is InChI=1S/C9H11NOS/c1-6-2-5-12-7(6)8(11)9(10)3-4-9/h2,5H,3-4,10H2,1H3. The number of thiophene rings is 1. The van der Waals surface area contributed by atoms with Crippen LogP contribution in [0, 0.1) is 6.92 Å². The van der Waals surface area contributed by atoms with Crippen molar-refractivity contribution < 1.29 is 4.79 Å². The van der Waals surface area contributed by atoms with E-state index in [1.54, 1.807) is 0 Å². The Morgan fingerprint density at radius 1 is 1.67 bits per heavy atom. The molecule has 1 heterocycles. The van der Waals surface area contributed by atoms with Crippen LogP contribution in [0.3, 0.4) is 0 Å². The summed E-state index contributed by atoms with van der Waals surface area (Å²) >= 11 is 1.49. The lowest BCUT2D eigenvalue weighted by molar-refractivity contribution is 0.0953. The minimum Gasteiger partial charge on any atom is -0.319 e. The third-order valence-electron chi connectivity index (χ3n) is 2.31. The van der Waals surface area contributed by atoms with Crippen molar-refractivity contribution in [2.45, 2.75) is 25.3 Å². The molecule has 2 N–H and O–H groups in total. The number of hydrogen-bond acceptors (Lipinski definition) is 3. The van der Waals surface area contributed by atoms with Gasteiger partial charge in [0.25, 0.3) is 0 Å². The van der Waals surface area contributed by atoms with Gasteiger partial charge in [0, 0.05) is 0 Å². The highest BCUT2D eigenvalue weighted by Gasteiger charge is 2.46. The van der Waals surface area contributed by atoms with Crippen molar-refractivity contribution in [3.05, 3.63) is 21.9 Å². The molecule has 1 aromatic rings. The fourth-order valence-corrected chi connectivity index (χ4v) is 2.17. The number of carbonyl (C=O) groups excluding carboxylic acids is 1. The van der Waals surface area contributed by atoms with E-state index in [2.05, 4.69) is 0 Å². The highest BCUT2D eigenvalue weighted by molar-refractivity contribution is 7.12. The van der Waals surface area contributed by atoms with Gasteiger partial charge in [-0.25, -0.2) is 0 Å². The van der Waals surface area contributed by atoms with Crippen molar-refractivity contribution >= 4 is 17.1 Å². The number of ketones is 1. The van der Waals surface area contributed by atoms with Gasteiger partial charge in [-0.2, -0.15) is 0 Å². The van der Waals surface area contributed by atoms with Crippen LogP contribution in [-0.2, 0) is 0 Å². The van der Waals surface area contributed by atoms with Crippen LogP contribution in [0.25, 0.3) is 0 Å². The van der Waals surface area contributed by atoms with Gasteiger partial charge in [-0.15, -0.1) is 11.3 Å². The largest absolute Gasteiger partial charge is 0.319 e. The first-order valence-electron chi connectivity index (χ1n) is 4.01. The second-order valence-corrected chi connectivity index (χ2v) is 4.33. The molecule has 0 spiro atoms. The second kappa shape index (κ2) is 2.41. The van der Waals surface area contributed by atoms with E-state index in [0.717, 1.165) is 23.3 Å². The Kier molecular flexibility index (Phi) is 1.59. The molecule has 1 aliphatic rings. The first-order valence-corrected chi connectivity index (χ1v) is 4.89. The lowest BCUT2D eigenvalue weighted by Gasteiger charge is -2.05. The maximum absolute atomic E-state index is 11.7. The molecule has 1 saturated carbocycles. The zero-order valence-corrected chi connectivity index (χ0v) is 7.78. The smallest absolute Gasteiger partial charge is 0.192 e. The minimum absolute atomic E-state index is 0.134. The minimum atomic E-state index is -0.504. The Balaban J connectivity index is 2.31. The fraction of sp³-hybridized carbons (Fsp3) is 0.444. The van der Waals surface area contributed by atoms with Crippen LogP contribution in [-0.4, -0.2) is 11.3 Å². The van der Waals surface area contributed by atoms with E-state index >= 15 is 0 Å². The number of Topliss-reactive ketones (excluding diaryl/α,β-unsaturated/α-hetero) is 1. The van der Waals surface area contributed by atoms with Crippen molar-refractivity contribution in [1.82, 2.24) is 0 Å². The molecule has 0 amide bonds. The molecule has 3 heteroatoms. The lowest BCUT2D eigenvalue weighted by atomic mass is 10.1. The summed E-state index contributed by atoms with van der Waals surface area (Å²) in [6.45, 7) is 1.95. The average Bonchev–Trinajstić information content (AvgIpc) is 2.63. The first kappa shape index (κ1) is 7.95. The summed E-state index contributed by atoms with van der Waals surface area (Å²) < 4.78 is 0. The molecule has 0 bridgehead atoms. The molecule has 2 nitrogen and oxygen atoms in total. The summed E-state index contributed by atoms with van der Waals surface area (Å²) in [5.74, 6) is 0.134. The molecular formula is C9H11NOS. The maximum atomic E-state index is 11.7. The van der Waals surface area contributed by atoms with Gasteiger partial charge in [0.1, 0.15) is 0 Å². The van der Waals surface area contributed by atoms with Gasteiger partial charge in [-0.1, -0.05) is 0 Å². The second-order valence-electron chi connectivity index (χ2n) is 3.42. The van der Waals surface area contributed by atoms with Gasteiger partial charge in [0.2, 0.25) is 0 Å². The lowest BCUT2D eigenvalue weighted by Crippen LogP contribution is -2.32. The number of rotatable bonds is 2. The van der Waals surface area contributed by atoms with Crippen LogP contribution in [0.1, 0.15) is 28.1 Å². The highest BCUT2D eigenvalue weighted by atomic mass is 32.1. The summed E-state index contributed by atoms with van der Waals surface area (Å²) in [7, 11) is 0. The average molecular weight is 181 g/mol. The molecule has 12 heavy (non-hydrogen) atoms. The maximum Gasteiger partial charge on any atom is 0.192 e. The van der Waals surface area contributed by atoms with Crippen LogP contribution in [0.5, 0.6) is 0 Å². The van der Waals surface area contributed by atoms with Crippen molar-refractivity contribution in [1.29, 1.82) is 0 Å². The SMILES string of the molecule is Cc1ccsc1C(=O)C1(N)CC1. The molecular weight excluding hydrogens is 170 g/mol. The van der Waals surface area contributed by atoms with E-state index < -0.39 is 5.54 Å². The van der Waals surface area contributed by atoms with E-state index in [1.165, 1.54) is 11.3 Å². The first-order chi connectivity index (χ1) is 5.63. The van der Waals surface area contributed by atoms with Gasteiger partial charge in [-0.05, 0) is 36.8 Å². The van der Waals surface area contributed by atoms with E-state index in [1.807, 2.05) is 18.4 Å². The molecule has 0 atom stereocenters. The van der Waals surface area contributed by atoms with Gasteiger partial charge in [0.15, 0.2) is 5.78 Å². The summed E-state index contributed by atoms with van der Waals surface area (Å²) in [6.07, 6.45) is 1.70. The molecule has 0 saturated heterocycles. The normalized spacial score (nSPS) is 19.2. The third kappa shape index (κ3) is 1.09. The fourth-order valence-electron chi connectivity index (χ4n) is 1.19. The van der Waals surface area contributed by atoms with Gasteiger partial charge in [0.05, 0.1) is 10.4 Å². The number of aryl methyl sites for hydroxylation is 1. The predicted octanol–water partition coefficient (Wildman–Crippen LogP) is 1.73. The Morgan fingerprint density at radius 3 is 2.75 bits per heavy atom. The van der Waals surface area contributed by atoms with Crippen molar-refractivity contribution in [2.75, 3.05) is 0 Å². The molecule has 1 aliphatic carbocycles. The Hall–Kier alpha value is -0.670. The monoisotopic (exact) mass is 181 g/mol. The summed E-state index contributed by atoms with van der Waals surface area (Å²) in [5, 5.41) is 1.94. The molecule has 1 fully saturated rings. The van der Waals surface area contributed by atoms with Crippen LogP contribution >= 0.6 is 11.3 Å². The summed E-state index contributed by atoms with van der Waals surface area (Å²) in [4.78, 5) is 12.5.